The first kappa shape index (κ1) is 10.7. The van der Waals surface area contributed by atoms with Crippen molar-refractivity contribution in [1.29, 1.82) is 5.39 Å². The Morgan fingerprint density at radius 2 is 2.13 bits per heavy atom. The molecule has 5 heteroatoms. The highest BCUT2D eigenvalue weighted by atomic mass is 16.5. The van der Waals surface area contributed by atoms with Crippen molar-refractivity contribution in [3.8, 4) is 0 Å². The number of nitrogens with zero attached hydrogens (tertiary/aromatic N) is 2. The van der Waals surface area contributed by atoms with E-state index >= 15 is 0 Å². The van der Waals surface area contributed by atoms with Gasteiger partial charge in [-0.2, -0.15) is 0 Å². The van der Waals surface area contributed by atoms with Crippen molar-refractivity contribution in [3.05, 3.63) is 52.8 Å². The van der Waals surface area contributed by atoms with Crippen LogP contribution in [0.4, 0.5) is 0 Å². The molecule has 0 aliphatic rings. The second-order valence-corrected chi connectivity index (χ2v) is 2.68. The van der Waals surface area contributed by atoms with E-state index in [4.69, 9.17) is 15.2 Å². The quantitative estimate of drug-likeness (QED) is 0.465. The Morgan fingerprint density at radius 1 is 1.47 bits per heavy atom. The van der Waals surface area contributed by atoms with Crippen LogP contribution in [-0.2, 0) is 4.74 Å². The second-order valence-electron chi connectivity index (χ2n) is 2.68. The van der Waals surface area contributed by atoms with E-state index in [1.54, 1.807) is 30.3 Å². The minimum atomic E-state index is -0.548. The molecule has 0 bridgehead atoms. The third-order valence-electron chi connectivity index (χ3n) is 1.57. The molecule has 0 spiro atoms. The SMILES string of the molecule is N#[N+]/C=C(/O)COC(=O)c1ccccc1. The van der Waals surface area contributed by atoms with Crippen LogP contribution in [-0.4, -0.2) is 17.7 Å². The lowest BCUT2D eigenvalue weighted by Crippen LogP contribution is -2.07. The van der Waals surface area contributed by atoms with Gasteiger partial charge in [-0.1, -0.05) is 18.2 Å². The number of hydrogen-bond donors (Lipinski definition) is 1. The summed E-state index contributed by atoms with van der Waals surface area (Å²) in [6, 6.07) is 8.38. The Labute approximate surface area is 86.2 Å². The van der Waals surface area contributed by atoms with Crippen LogP contribution in [0.5, 0.6) is 0 Å². The molecule has 15 heavy (non-hydrogen) atoms. The molecule has 1 N–H and O–H groups in total. The predicted octanol–water partition coefficient (Wildman–Crippen LogP) is 2.10. The van der Waals surface area contributed by atoms with Gasteiger partial charge in [-0.25, -0.2) is 4.79 Å². The summed E-state index contributed by atoms with van der Waals surface area (Å²) in [6.07, 6.45) is 0.790. The van der Waals surface area contributed by atoms with Gasteiger partial charge >= 0.3 is 12.2 Å². The first-order valence-electron chi connectivity index (χ1n) is 4.18. The number of carbonyl (C=O) groups is 1. The molecule has 0 radical (unpaired) electrons. The lowest BCUT2D eigenvalue weighted by atomic mass is 10.2. The Bertz CT molecular complexity index is 406. The van der Waals surface area contributed by atoms with Crippen LogP contribution in [0, 0.1) is 5.39 Å². The lowest BCUT2D eigenvalue weighted by Gasteiger charge is -2.01. The summed E-state index contributed by atoms with van der Waals surface area (Å²) in [5, 5.41) is 17.0. The molecule has 0 fully saturated rings. The fourth-order valence-electron chi connectivity index (χ4n) is 0.901. The molecule has 0 amide bonds. The number of benzene rings is 1. The van der Waals surface area contributed by atoms with Crippen molar-refractivity contribution in [2.45, 2.75) is 0 Å². The average molecular weight is 205 g/mol. The zero-order chi connectivity index (χ0) is 11.1. The monoisotopic (exact) mass is 205 g/mol. The van der Waals surface area contributed by atoms with E-state index in [1.807, 2.05) is 0 Å². The number of rotatable bonds is 3. The van der Waals surface area contributed by atoms with Crippen molar-refractivity contribution in [1.82, 2.24) is 0 Å². The first-order valence-corrected chi connectivity index (χ1v) is 4.18. The smallest absolute Gasteiger partial charge is 0.391 e. The van der Waals surface area contributed by atoms with Crippen molar-refractivity contribution < 1.29 is 14.6 Å². The summed E-state index contributed by atoms with van der Waals surface area (Å²) >= 11 is 0. The zero-order valence-corrected chi connectivity index (χ0v) is 7.83. The van der Waals surface area contributed by atoms with Gasteiger partial charge in [-0.15, -0.1) is 0 Å². The number of diazo groups is 1. The highest BCUT2D eigenvalue weighted by Crippen LogP contribution is 2.02. The van der Waals surface area contributed by atoms with Crippen LogP contribution < -0.4 is 0 Å². The van der Waals surface area contributed by atoms with Crippen LogP contribution in [0.2, 0.25) is 0 Å². The first-order chi connectivity index (χ1) is 7.24. The normalized spacial score (nSPS) is 10.5. The molecule has 0 aromatic heterocycles. The van der Waals surface area contributed by atoms with Gasteiger partial charge in [0, 0.05) is 0 Å². The molecule has 0 saturated carbocycles. The molecule has 76 valence electrons. The number of hydrogen-bond acceptors (Lipinski definition) is 4. The summed E-state index contributed by atoms with van der Waals surface area (Å²) in [4.78, 5) is 13.9. The van der Waals surface area contributed by atoms with Crippen LogP contribution in [0.15, 0.2) is 42.3 Å². The second kappa shape index (κ2) is 5.40. The summed E-state index contributed by atoms with van der Waals surface area (Å²) < 4.78 is 4.71. The topological polar surface area (TPSA) is 74.7 Å². The average Bonchev–Trinajstić information content (AvgIpc) is 2.27. The van der Waals surface area contributed by atoms with Crippen LogP contribution in [0.3, 0.4) is 0 Å². The van der Waals surface area contributed by atoms with Crippen LogP contribution in [0.1, 0.15) is 10.4 Å². The highest BCUT2D eigenvalue weighted by molar-refractivity contribution is 5.89. The fourth-order valence-corrected chi connectivity index (χ4v) is 0.901. The Hall–Kier alpha value is -2.35. The third-order valence-corrected chi connectivity index (χ3v) is 1.57. The maximum atomic E-state index is 11.3. The molecule has 0 heterocycles. The minimum Gasteiger partial charge on any atom is -0.503 e. The van der Waals surface area contributed by atoms with Gasteiger partial charge in [0.2, 0.25) is 11.2 Å². The number of ether oxygens (including phenoxy) is 1. The van der Waals surface area contributed by atoms with E-state index in [9.17, 15) is 4.79 Å². The van der Waals surface area contributed by atoms with Crippen molar-refractivity contribution in [3.63, 3.8) is 0 Å². The van der Waals surface area contributed by atoms with Gasteiger partial charge in [0.05, 0.1) is 5.56 Å². The molecular formula is C10H9N2O3+. The van der Waals surface area contributed by atoms with E-state index in [-0.39, 0.29) is 12.4 Å². The van der Waals surface area contributed by atoms with Gasteiger partial charge in [-0.05, 0) is 12.1 Å². The summed E-state index contributed by atoms with van der Waals surface area (Å²) in [5.41, 5.74) is 0.395. The van der Waals surface area contributed by atoms with Crippen molar-refractivity contribution in [2.24, 2.45) is 0 Å². The zero-order valence-electron chi connectivity index (χ0n) is 7.83. The summed E-state index contributed by atoms with van der Waals surface area (Å²) in [5.74, 6) is -0.879. The van der Waals surface area contributed by atoms with Gasteiger partial charge in [0.1, 0.15) is 0 Å². The standard InChI is InChI=1S/C10H8N2O3/c11-12-6-9(13)7-15-10(14)8-4-2-1-3-5-8/h1-6H,7H2/p+1/b9-6+. The Kier molecular flexibility index (Phi) is 3.86. The van der Waals surface area contributed by atoms with Gasteiger partial charge in [0.25, 0.3) is 0 Å². The maximum Gasteiger partial charge on any atom is 0.391 e. The number of aliphatic hydroxyl groups excluding tert-OH is 1. The fraction of sp³-hybridized carbons (Fsp3) is 0.100. The largest absolute Gasteiger partial charge is 0.503 e. The molecular weight excluding hydrogens is 196 g/mol. The molecule has 0 aliphatic heterocycles. The van der Waals surface area contributed by atoms with Crippen molar-refractivity contribution >= 4 is 5.97 Å². The van der Waals surface area contributed by atoms with Crippen LogP contribution >= 0.6 is 0 Å². The van der Waals surface area contributed by atoms with Gasteiger partial charge < -0.3 is 9.84 Å². The molecule has 0 saturated heterocycles. The molecule has 1 rings (SSSR count). The van der Waals surface area contributed by atoms with E-state index in [1.165, 1.54) is 0 Å². The molecule has 0 unspecified atom stereocenters. The summed E-state index contributed by atoms with van der Waals surface area (Å²) in [7, 11) is 0. The molecule has 5 nitrogen and oxygen atoms in total. The van der Waals surface area contributed by atoms with Gasteiger partial charge in [-0.3, -0.25) is 0 Å². The van der Waals surface area contributed by atoms with E-state index in [0.29, 0.717) is 5.56 Å². The number of carbonyl (C=O) groups excluding carboxylic acids is 1. The summed E-state index contributed by atoms with van der Waals surface area (Å²) in [6.45, 7) is -0.322. The predicted molar refractivity (Wildman–Crippen MR) is 52.5 cm³/mol. The maximum absolute atomic E-state index is 11.3. The van der Waals surface area contributed by atoms with E-state index < -0.39 is 5.97 Å². The molecule has 1 aromatic rings. The lowest BCUT2D eigenvalue weighted by molar-refractivity contribution is 0.0501. The van der Waals surface area contributed by atoms with Crippen molar-refractivity contribution in [2.75, 3.05) is 6.61 Å². The third kappa shape index (κ3) is 3.48. The Morgan fingerprint density at radius 3 is 2.73 bits per heavy atom. The molecule has 0 atom stereocenters. The van der Waals surface area contributed by atoms with E-state index in [0.717, 1.165) is 6.20 Å². The number of esters is 1. The molecule has 1 aromatic carbocycles. The highest BCUT2D eigenvalue weighted by Gasteiger charge is 2.08. The van der Waals surface area contributed by atoms with Crippen LogP contribution in [0.25, 0.3) is 4.98 Å². The van der Waals surface area contributed by atoms with E-state index in [2.05, 4.69) is 4.98 Å². The molecule has 0 aliphatic carbocycles. The Balaban J connectivity index is 2.52. The minimum absolute atomic E-state index is 0.322. The number of aliphatic hydroxyl groups is 1. The van der Waals surface area contributed by atoms with Gasteiger partial charge in [0.15, 0.2) is 11.6 Å².